The van der Waals surface area contributed by atoms with Crippen molar-refractivity contribution in [3.8, 4) is 0 Å². The summed E-state index contributed by atoms with van der Waals surface area (Å²) >= 11 is 0. The Labute approximate surface area is 185 Å². The van der Waals surface area contributed by atoms with Gasteiger partial charge in [-0.1, -0.05) is 0 Å². The van der Waals surface area contributed by atoms with Gasteiger partial charge in [0.25, 0.3) is 11.8 Å². The lowest BCUT2D eigenvalue weighted by atomic mass is 9.86. The van der Waals surface area contributed by atoms with Gasteiger partial charge in [-0.2, -0.15) is 0 Å². The van der Waals surface area contributed by atoms with E-state index in [0.29, 0.717) is 19.3 Å². The number of imide groups is 2. The molecule has 32 heavy (non-hydrogen) atoms. The second-order valence-electron chi connectivity index (χ2n) is 9.63. The molecule has 0 aromatic carbocycles. The Kier molecular flexibility index (Phi) is 5.89. The fourth-order valence-electron chi connectivity index (χ4n) is 5.23. The quantitative estimate of drug-likeness (QED) is 0.217. The number of aliphatic hydroxyl groups is 2. The van der Waals surface area contributed by atoms with E-state index in [1.165, 1.54) is 6.92 Å². The van der Waals surface area contributed by atoms with Crippen LogP contribution < -0.4 is 22.1 Å². The lowest BCUT2D eigenvalue weighted by Crippen LogP contribution is -2.75. The normalized spacial score (nSPS) is 35.6. The Balaban J connectivity index is 1.28. The molecule has 2 spiro atoms. The van der Waals surface area contributed by atoms with E-state index in [-0.39, 0.29) is 31.5 Å². The van der Waals surface area contributed by atoms with Gasteiger partial charge in [0.15, 0.2) is 0 Å². The monoisotopic (exact) mass is 452 g/mol. The first-order chi connectivity index (χ1) is 15.0. The van der Waals surface area contributed by atoms with Crippen LogP contribution in [0.25, 0.3) is 0 Å². The molecule has 4 heterocycles. The minimum atomic E-state index is -1.24. The third-order valence-corrected chi connectivity index (χ3v) is 7.37. The molecular formula is C20H32N6O6. The number of nitrogens with two attached hydrogens (primary N) is 2. The van der Waals surface area contributed by atoms with Crippen molar-refractivity contribution in [3.63, 3.8) is 0 Å². The van der Waals surface area contributed by atoms with Gasteiger partial charge in [0.2, 0.25) is 11.8 Å². The molecule has 4 aliphatic heterocycles. The Hall–Kier alpha value is -1.96. The van der Waals surface area contributed by atoms with E-state index in [0.717, 1.165) is 22.8 Å². The Morgan fingerprint density at radius 1 is 1.06 bits per heavy atom. The zero-order valence-corrected chi connectivity index (χ0v) is 18.1. The van der Waals surface area contributed by atoms with Crippen LogP contribution in [0.4, 0.5) is 0 Å². The van der Waals surface area contributed by atoms with E-state index in [1.54, 1.807) is 0 Å². The number of carbonyl (C=O) groups is 4. The minimum absolute atomic E-state index is 0.133. The van der Waals surface area contributed by atoms with Crippen molar-refractivity contribution < 1.29 is 29.4 Å². The van der Waals surface area contributed by atoms with Gasteiger partial charge >= 0.3 is 0 Å². The molecule has 4 amide bonds. The standard InChI is InChI=1S/C20H32N6O6/c1-10(27)13(21)15(29)26-9-20(18(26)32)5-3-11(24-20)7-12(28)14(22)16(30)25-8-19(17(25)31)4-2-6-23-19/h10-14,23-24,27-28H,2-9,21-22H2,1H3/t10?,11?,12?,13?,14?,19-,20+/m0/s1. The molecule has 0 radical (unpaired) electrons. The third kappa shape index (κ3) is 3.55. The molecule has 0 bridgehead atoms. The molecule has 7 atom stereocenters. The largest absolute Gasteiger partial charge is 0.391 e. The van der Waals surface area contributed by atoms with Gasteiger partial charge in [-0.25, -0.2) is 0 Å². The van der Waals surface area contributed by atoms with Crippen LogP contribution in [0, 0.1) is 0 Å². The summed E-state index contributed by atoms with van der Waals surface area (Å²) in [6.45, 7) is 2.53. The zero-order valence-electron chi connectivity index (χ0n) is 18.1. The van der Waals surface area contributed by atoms with E-state index in [2.05, 4.69) is 10.6 Å². The van der Waals surface area contributed by atoms with Crippen molar-refractivity contribution in [1.29, 1.82) is 0 Å². The molecule has 178 valence electrons. The van der Waals surface area contributed by atoms with Gasteiger partial charge in [-0.3, -0.25) is 34.3 Å². The van der Waals surface area contributed by atoms with Crippen molar-refractivity contribution in [1.82, 2.24) is 20.4 Å². The van der Waals surface area contributed by atoms with Crippen LogP contribution in [-0.2, 0) is 19.2 Å². The highest BCUT2D eigenvalue weighted by Crippen LogP contribution is 2.36. The lowest BCUT2D eigenvalue weighted by Gasteiger charge is -2.47. The fraction of sp³-hybridized carbons (Fsp3) is 0.800. The maximum atomic E-state index is 12.6. The number of aliphatic hydroxyl groups excluding tert-OH is 2. The summed E-state index contributed by atoms with van der Waals surface area (Å²) < 4.78 is 0. The van der Waals surface area contributed by atoms with Gasteiger partial charge in [-0.15, -0.1) is 0 Å². The van der Waals surface area contributed by atoms with Crippen LogP contribution in [0.5, 0.6) is 0 Å². The highest BCUT2D eigenvalue weighted by atomic mass is 16.3. The van der Waals surface area contributed by atoms with Crippen molar-refractivity contribution in [3.05, 3.63) is 0 Å². The number of nitrogens with zero attached hydrogens (tertiary/aromatic N) is 2. The van der Waals surface area contributed by atoms with Crippen molar-refractivity contribution >= 4 is 23.6 Å². The predicted octanol–water partition coefficient (Wildman–Crippen LogP) is -3.88. The number of rotatable bonds is 6. The summed E-state index contributed by atoms with van der Waals surface area (Å²) in [6.07, 6.45) is 0.481. The number of likely N-dealkylation sites (tertiary alicyclic amines) is 2. The molecule has 5 unspecified atom stereocenters. The van der Waals surface area contributed by atoms with Gasteiger partial charge in [0.05, 0.1) is 25.3 Å². The molecule has 8 N–H and O–H groups in total. The van der Waals surface area contributed by atoms with Crippen molar-refractivity contribution in [2.24, 2.45) is 11.5 Å². The lowest BCUT2D eigenvalue weighted by molar-refractivity contribution is -0.165. The summed E-state index contributed by atoms with van der Waals surface area (Å²) in [5, 5.41) is 26.3. The topological polar surface area (TPSA) is 191 Å². The molecule has 12 nitrogen and oxygen atoms in total. The molecule has 12 heteroatoms. The average Bonchev–Trinajstić information content (AvgIpc) is 3.43. The van der Waals surface area contributed by atoms with Gasteiger partial charge in [0.1, 0.15) is 23.2 Å². The first kappa shape index (κ1) is 23.2. The molecular weight excluding hydrogens is 420 g/mol. The van der Waals surface area contributed by atoms with Gasteiger partial charge in [-0.05, 0) is 45.6 Å². The van der Waals surface area contributed by atoms with Crippen LogP contribution >= 0.6 is 0 Å². The number of amides is 4. The maximum absolute atomic E-state index is 12.6. The van der Waals surface area contributed by atoms with E-state index in [1.807, 2.05) is 0 Å². The van der Waals surface area contributed by atoms with Crippen LogP contribution in [0.15, 0.2) is 0 Å². The average molecular weight is 453 g/mol. The first-order valence-electron chi connectivity index (χ1n) is 11.1. The molecule has 0 saturated carbocycles. The van der Waals surface area contributed by atoms with Crippen molar-refractivity contribution in [2.45, 2.75) is 80.4 Å². The molecule has 0 aliphatic carbocycles. The van der Waals surface area contributed by atoms with E-state index in [4.69, 9.17) is 11.5 Å². The molecule has 0 aromatic rings. The van der Waals surface area contributed by atoms with Gasteiger partial charge < -0.3 is 27.0 Å². The minimum Gasteiger partial charge on any atom is -0.391 e. The summed E-state index contributed by atoms with van der Waals surface area (Å²) in [5.74, 6) is -1.92. The molecule has 4 saturated heterocycles. The molecule has 0 aromatic heterocycles. The number of carbonyl (C=O) groups excluding carboxylic acids is 4. The van der Waals surface area contributed by atoms with E-state index in [9.17, 15) is 29.4 Å². The highest BCUT2D eigenvalue weighted by molar-refractivity contribution is 6.08. The highest BCUT2D eigenvalue weighted by Gasteiger charge is 2.59. The van der Waals surface area contributed by atoms with E-state index < -0.39 is 53.1 Å². The number of hydrogen-bond donors (Lipinski definition) is 6. The van der Waals surface area contributed by atoms with Crippen LogP contribution in [-0.4, -0.2) is 105 Å². The van der Waals surface area contributed by atoms with Gasteiger partial charge in [0, 0.05) is 6.04 Å². The number of β-lactam (4-membered cyclic amide) rings is 2. The van der Waals surface area contributed by atoms with Crippen molar-refractivity contribution in [2.75, 3.05) is 19.6 Å². The Bertz CT molecular complexity index is 829. The van der Waals surface area contributed by atoms with Crippen LogP contribution in [0.2, 0.25) is 0 Å². The second-order valence-corrected chi connectivity index (χ2v) is 9.63. The fourth-order valence-corrected chi connectivity index (χ4v) is 5.23. The molecule has 4 fully saturated rings. The molecule has 4 rings (SSSR count). The number of hydrogen-bond acceptors (Lipinski definition) is 10. The smallest absolute Gasteiger partial charge is 0.251 e. The maximum Gasteiger partial charge on any atom is 0.251 e. The predicted molar refractivity (Wildman–Crippen MR) is 111 cm³/mol. The summed E-state index contributed by atoms with van der Waals surface area (Å²) in [6, 6.07) is -2.68. The summed E-state index contributed by atoms with van der Waals surface area (Å²) in [4.78, 5) is 52.0. The van der Waals surface area contributed by atoms with Crippen LogP contribution in [0.3, 0.4) is 0 Å². The third-order valence-electron chi connectivity index (χ3n) is 7.37. The first-order valence-corrected chi connectivity index (χ1v) is 11.1. The Morgan fingerprint density at radius 2 is 1.66 bits per heavy atom. The van der Waals surface area contributed by atoms with E-state index >= 15 is 0 Å². The Morgan fingerprint density at radius 3 is 2.19 bits per heavy atom. The summed E-state index contributed by atoms with van der Waals surface area (Å²) in [5.41, 5.74) is 10.1. The number of nitrogens with one attached hydrogen (secondary N) is 2. The zero-order chi connectivity index (χ0) is 23.4. The molecule has 4 aliphatic rings. The summed E-state index contributed by atoms with van der Waals surface area (Å²) in [7, 11) is 0. The van der Waals surface area contributed by atoms with Crippen LogP contribution in [0.1, 0.15) is 39.0 Å². The SMILES string of the molecule is CC(O)C(N)C(=O)N1C[C@]2(CCC(CC(O)C(N)C(=O)N3C[C@@]4(CCCN4)C3=O)N2)C1=O. The second kappa shape index (κ2) is 8.12.